The van der Waals surface area contributed by atoms with Crippen molar-refractivity contribution in [2.24, 2.45) is 5.92 Å². The summed E-state index contributed by atoms with van der Waals surface area (Å²) in [6.07, 6.45) is 1.09. The number of amides is 1. The summed E-state index contributed by atoms with van der Waals surface area (Å²) in [5.74, 6) is 0.649. The zero-order valence-corrected chi connectivity index (χ0v) is 12.8. The molecule has 0 aromatic heterocycles. The minimum absolute atomic E-state index is 0.112. The predicted molar refractivity (Wildman–Crippen MR) is 81.8 cm³/mol. The summed E-state index contributed by atoms with van der Waals surface area (Å²) >= 11 is 0. The highest BCUT2D eigenvalue weighted by atomic mass is 16.2. The van der Waals surface area contributed by atoms with Crippen LogP contribution in [0.1, 0.15) is 43.1 Å². The molecule has 1 N–H and O–H groups in total. The third kappa shape index (κ3) is 4.27. The van der Waals surface area contributed by atoms with Crippen molar-refractivity contribution in [3.63, 3.8) is 0 Å². The number of aryl methyl sites for hydroxylation is 1. The molecular weight excluding hydrogens is 236 g/mol. The molecule has 0 saturated heterocycles. The molecule has 1 rings (SSSR count). The van der Waals surface area contributed by atoms with Gasteiger partial charge in [-0.2, -0.15) is 0 Å². The quantitative estimate of drug-likeness (QED) is 0.850. The molecular formula is C16H26N2O. The van der Waals surface area contributed by atoms with Gasteiger partial charge in [-0.05, 0) is 43.5 Å². The SMILES string of the molecule is CCNc1ccc(C(=O)N(C)CC(C)CC)c(C)c1. The van der Waals surface area contributed by atoms with Gasteiger partial charge in [-0.25, -0.2) is 0 Å². The van der Waals surface area contributed by atoms with E-state index in [0.717, 1.165) is 36.3 Å². The van der Waals surface area contributed by atoms with Gasteiger partial charge in [0, 0.05) is 31.4 Å². The minimum Gasteiger partial charge on any atom is -0.385 e. The number of benzene rings is 1. The monoisotopic (exact) mass is 262 g/mol. The van der Waals surface area contributed by atoms with Crippen molar-refractivity contribution in [3.8, 4) is 0 Å². The maximum absolute atomic E-state index is 12.4. The Hall–Kier alpha value is -1.51. The lowest BCUT2D eigenvalue weighted by Crippen LogP contribution is -2.31. The molecule has 1 aromatic carbocycles. The lowest BCUT2D eigenvalue weighted by atomic mass is 10.0. The maximum atomic E-state index is 12.4. The van der Waals surface area contributed by atoms with Crippen LogP contribution in [-0.4, -0.2) is 30.9 Å². The molecule has 1 aromatic rings. The number of anilines is 1. The van der Waals surface area contributed by atoms with Crippen LogP contribution in [0.15, 0.2) is 18.2 Å². The lowest BCUT2D eigenvalue weighted by molar-refractivity contribution is 0.0774. The summed E-state index contributed by atoms with van der Waals surface area (Å²) in [7, 11) is 1.88. The van der Waals surface area contributed by atoms with Gasteiger partial charge in [0.15, 0.2) is 0 Å². The van der Waals surface area contributed by atoms with E-state index < -0.39 is 0 Å². The van der Waals surface area contributed by atoms with E-state index in [-0.39, 0.29) is 5.91 Å². The molecule has 0 aliphatic rings. The predicted octanol–water partition coefficient (Wildman–Crippen LogP) is 3.54. The number of carbonyl (C=O) groups excluding carboxylic acids is 1. The molecule has 0 bridgehead atoms. The molecule has 1 unspecified atom stereocenters. The van der Waals surface area contributed by atoms with Crippen LogP contribution in [0, 0.1) is 12.8 Å². The molecule has 0 aliphatic heterocycles. The normalized spacial score (nSPS) is 12.1. The summed E-state index contributed by atoms with van der Waals surface area (Å²) in [4.78, 5) is 14.2. The van der Waals surface area contributed by atoms with Crippen molar-refractivity contribution in [2.45, 2.75) is 34.1 Å². The van der Waals surface area contributed by atoms with Crippen LogP contribution in [0.5, 0.6) is 0 Å². The van der Waals surface area contributed by atoms with Crippen molar-refractivity contribution in [2.75, 3.05) is 25.5 Å². The standard InChI is InChI=1S/C16H26N2O/c1-6-12(3)11-18(5)16(19)15-9-8-14(17-7-2)10-13(15)4/h8-10,12,17H,6-7,11H2,1-5H3. The van der Waals surface area contributed by atoms with Crippen LogP contribution in [0.4, 0.5) is 5.69 Å². The molecule has 0 heterocycles. The molecule has 3 heteroatoms. The van der Waals surface area contributed by atoms with Crippen LogP contribution in [-0.2, 0) is 0 Å². The lowest BCUT2D eigenvalue weighted by Gasteiger charge is -2.22. The van der Waals surface area contributed by atoms with Gasteiger partial charge in [0.1, 0.15) is 0 Å². The Labute approximate surface area is 117 Å². The number of hydrogen-bond donors (Lipinski definition) is 1. The third-order valence-electron chi connectivity index (χ3n) is 3.47. The molecule has 1 amide bonds. The molecule has 0 spiro atoms. The van der Waals surface area contributed by atoms with Gasteiger partial charge in [0.2, 0.25) is 0 Å². The van der Waals surface area contributed by atoms with Crippen molar-refractivity contribution in [1.82, 2.24) is 4.90 Å². The second-order valence-corrected chi connectivity index (χ2v) is 5.26. The van der Waals surface area contributed by atoms with E-state index >= 15 is 0 Å². The molecule has 3 nitrogen and oxygen atoms in total. The van der Waals surface area contributed by atoms with E-state index in [4.69, 9.17) is 0 Å². The largest absolute Gasteiger partial charge is 0.385 e. The summed E-state index contributed by atoms with van der Waals surface area (Å²) in [5.41, 5.74) is 2.90. The van der Waals surface area contributed by atoms with Gasteiger partial charge in [0.25, 0.3) is 5.91 Å². The highest BCUT2D eigenvalue weighted by molar-refractivity contribution is 5.95. The van der Waals surface area contributed by atoms with E-state index in [2.05, 4.69) is 26.1 Å². The number of carbonyl (C=O) groups is 1. The van der Waals surface area contributed by atoms with Crippen molar-refractivity contribution >= 4 is 11.6 Å². The fourth-order valence-corrected chi connectivity index (χ4v) is 2.10. The van der Waals surface area contributed by atoms with Gasteiger partial charge in [-0.3, -0.25) is 4.79 Å². The maximum Gasteiger partial charge on any atom is 0.253 e. The molecule has 0 aliphatic carbocycles. The molecule has 0 radical (unpaired) electrons. The average molecular weight is 262 g/mol. The summed E-state index contributed by atoms with van der Waals surface area (Å²) in [6, 6.07) is 5.93. The Morgan fingerprint density at radius 2 is 2.05 bits per heavy atom. The third-order valence-corrected chi connectivity index (χ3v) is 3.47. The van der Waals surface area contributed by atoms with Crippen molar-refractivity contribution in [3.05, 3.63) is 29.3 Å². The van der Waals surface area contributed by atoms with Crippen LogP contribution < -0.4 is 5.32 Å². The van der Waals surface area contributed by atoms with Crippen LogP contribution in [0.3, 0.4) is 0 Å². The Bertz CT molecular complexity index is 429. The molecule has 1 atom stereocenters. The number of nitrogens with zero attached hydrogens (tertiary/aromatic N) is 1. The molecule has 0 fully saturated rings. The van der Waals surface area contributed by atoms with E-state index in [1.807, 2.05) is 37.1 Å². The Kier molecular flexibility index (Phi) is 5.87. The van der Waals surface area contributed by atoms with Gasteiger partial charge in [-0.15, -0.1) is 0 Å². The summed E-state index contributed by atoms with van der Waals surface area (Å²) in [5, 5.41) is 3.26. The van der Waals surface area contributed by atoms with Gasteiger partial charge in [0.05, 0.1) is 0 Å². The molecule has 106 valence electrons. The van der Waals surface area contributed by atoms with Gasteiger partial charge >= 0.3 is 0 Å². The Morgan fingerprint density at radius 1 is 1.37 bits per heavy atom. The topological polar surface area (TPSA) is 32.3 Å². The van der Waals surface area contributed by atoms with E-state index in [9.17, 15) is 4.79 Å². The smallest absolute Gasteiger partial charge is 0.253 e. The van der Waals surface area contributed by atoms with E-state index in [1.165, 1.54) is 0 Å². The van der Waals surface area contributed by atoms with Gasteiger partial charge < -0.3 is 10.2 Å². The second kappa shape index (κ2) is 7.17. The van der Waals surface area contributed by atoms with Gasteiger partial charge in [-0.1, -0.05) is 20.3 Å². The Balaban J connectivity index is 2.82. The first-order valence-corrected chi connectivity index (χ1v) is 7.09. The number of rotatable bonds is 6. The van der Waals surface area contributed by atoms with E-state index in [0.29, 0.717) is 5.92 Å². The fourth-order valence-electron chi connectivity index (χ4n) is 2.10. The first-order chi connectivity index (χ1) is 8.99. The van der Waals surface area contributed by atoms with Crippen molar-refractivity contribution in [1.29, 1.82) is 0 Å². The highest BCUT2D eigenvalue weighted by Crippen LogP contribution is 2.17. The average Bonchev–Trinajstić information content (AvgIpc) is 2.38. The highest BCUT2D eigenvalue weighted by Gasteiger charge is 2.15. The zero-order chi connectivity index (χ0) is 14.4. The minimum atomic E-state index is 0.112. The van der Waals surface area contributed by atoms with Crippen molar-refractivity contribution < 1.29 is 4.79 Å². The zero-order valence-electron chi connectivity index (χ0n) is 12.8. The first-order valence-electron chi connectivity index (χ1n) is 7.09. The Morgan fingerprint density at radius 3 is 2.58 bits per heavy atom. The molecule has 19 heavy (non-hydrogen) atoms. The summed E-state index contributed by atoms with van der Waals surface area (Å²) in [6.45, 7) is 10.1. The first kappa shape index (κ1) is 15.5. The number of hydrogen-bond acceptors (Lipinski definition) is 2. The second-order valence-electron chi connectivity index (χ2n) is 5.26. The van der Waals surface area contributed by atoms with E-state index in [1.54, 1.807) is 0 Å². The van der Waals surface area contributed by atoms with Crippen LogP contribution in [0.25, 0.3) is 0 Å². The summed E-state index contributed by atoms with van der Waals surface area (Å²) < 4.78 is 0. The fraction of sp³-hybridized carbons (Fsp3) is 0.562. The van der Waals surface area contributed by atoms with Crippen LogP contribution in [0.2, 0.25) is 0 Å². The number of nitrogens with one attached hydrogen (secondary N) is 1. The molecule has 0 saturated carbocycles. The van der Waals surface area contributed by atoms with Crippen LogP contribution >= 0.6 is 0 Å².